The van der Waals surface area contributed by atoms with Gasteiger partial charge in [0.15, 0.2) is 0 Å². The van der Waals surface area contributed by atoms with Gasteiger partial charge in [0.25, 0.3) is 0 Å². The third-order valence-corrected chi connectivity index (χ3v) is 3.08. The van der Waals surface area contributed by atoms with Crippen molar-refractivity contribution in [2.75, 3.05) is 33.7 Å². The minimum atomic E-state index is 0.208. The van der Waals surface area contributed by atoms with Crippen LogP contribution in [-0.4, -0.2) is 38.6 Å². The van der Waals surface area contributed by atoms with Crippen LogP contribution in [0.5, 0.6) is 0 Å². The van der Waals surface area contributed by atoms with Crippen molar-refractivity contribution in [1.29, 1.82) is 0 Å². The van der Waals surface area contributed by atoms with E-state index in [4.69, 9.17) is 0 Å². The smallest absolute Gasteiger partial charge is 0.00431 e. The van der Waals surface area contributed by atoms with Gasteiger partial charge in [0.05, 0.1) is 0 Å². The first-order chi connectivity index (χ1) is 8.02. The first kappa shape index (κ1) is 14.2. The van der Waals surface area contributed by atoms with E-state index >= 15 is 0 Å². The van der Waals surface area contributed by atoms with Gasteiger partial charge in [-0.15, -0.1) is 0 Å². The van der Waals surface area contributed by atoms with Crippen molar-refractivity contribution in [2.24, 2.45) is 0 Å². The fourth-order valence-corrected chi connectivity index (χ4v) is 1.91. The third-order valence-electron chi connectivity index (χ3n) is 3.08. The van der Waals surface area contributed by atoms with Gasteiger partial charge in [0, 0.05) is 12.0 Å². The lowest BCUT2D eigenvalue weighted by molar-refractivity contribution is 0.385. The molecule has 2 heteroatoms. The topological polar surface area (TPSA) is 15.3 Å². The molecule has 1 rings (SSSR count). The van der Waals surface area contributed by atoms with E-state index < -0.39 is 0 Å². The van der Waals surface area contributed by atoms with Gasteiger partial charge in [-0.2, -0.15) is 0 Å². The fourth-order valence-electron chi connectivity index (χ4n) is 1.91. The lowest BCUT2D eigenvalue weighted by Crippen LogP contribution is -2.34. The average Bonchev–Trinajstić information content (AvgIpc) is 2.29. The molecule has 0 aliphatic heterocycles. The molecule has 0 atom stereocenters. The van der Waals surface area contributed by atoms with Crippen LogP contribution in [0.2, 0.25) is 0 Å². The van der Waals surface area contributed by atoms with E-state index in [-0.39, 0.29) is 5.41 Å². The molecule has 0 amide bonds. The second-order valence-electron chi connectivity index (χ2n) is 5.58. The zero-order valence-corrected chi connectivity index (χ0v) is 11.7. The molecular weight excluding hydrogens is 208 g/mol. The maximum absolute atomic E-state index is 3.55. The predicted molar refractivity (Wildman–Crippen MR) is 75.5 cm³/mol. The van der Waals surface area contributed by atoms with E-state index in [1.807, 2.05) is 0 Å². The zero-order valence-electron chi connectivity index (χ0n) is 11.7. The Morgan fingerprint density at radius 1 is 1.12 bits per heavy atom. The first-order valence-electron chi connectivity index (χ1n) is 6.43. The van der Waals surface area contributed by atoms with Crippen molar-refractivity contribution < 1.29 is 0 Å². The van der Waals surface area contributed by atoms with Crippen LogP contribution < -0.4 is 5.32 Å². The Morgan fingerprint density at radius 2 is 1.76 bits per heavy atom. The van der Waals surface area contributed by atoms with Crippen molar-refractivity contribution in [3.8, 4) is 0 Å². The van der Waals surface area contributed by atoms with E-state index in [9.17, 15) is 0 Å². The lowest BCUT2D eigenvalue weighted by atomic mass is 9.84. The maximum atomic E-state index is 3.55. The first-order valence-corrected chi connectivity index (χ1v) is 6.43. The number of hydrogen-bond donors (Lipinski definition) is 1. The molecule has 0 aliphatic carbocycles. The van der Waals surface area contributed by atoms with Crippen molar-refractivity contribution in [2.45, 2.75) is 25.7 Å². The Hall–Kier alpha value is -0.860. The van der Waals surface area contributed by atoms with Crippen LogP contribution in [0.3, 0.4) is 0 Å². The van der Waals surface area contributed by atoms with Crippen LogP contribution in [0.25, 0.3) is 0 Å². The predicted octanol–water partition coefficient (Wildman–Crippen LogP) is 2.51. The summed E-state index contributed by atoms with van der Waals surface area (Å²) in [5.41, 5.74) is 1.61. The number of nitrogens with zero attached hydrogens (tertiary/aromatic N) is 1. The van der Waals surface area contributed by atoms with Gasteiger partial charge in [-0.3, -0.25) is 0 Å². The molecule has 1 aromatic rings. The summed E-state index contributed by atoms with van der Waals surface area (Å²) >= 11 is 0. The number of benzene rings is 1. The Morgan fingerprint density at radius 3 is 2.35 bits per heavy atom. The van der Waals surface area contributed by atoms with Crippen LogP contribution in [-0.2, 0) is 5.41 Å². The quantitative estimate of drug-likeness (QED) is 0.729. The number of nitrogens with one attached hydrogen (secondary N) is 1. The Balaban J connectivity index is 2.30. The molecule has 1 N–H and O–H groups in total. The van der Waals surface area contributed by atoms with E-state index in [0.29, 0.717) is 0 Å². The standard InChI is InChI=1S/C15H26N2/c1-15(2,14-9-6-5-7-10-14)13-16-11-8-12-17(3)4/h5-7,9-10,16H,8,11-13H2,1-4H3. The van der Waals surface area contributed by atoms with Crippen LogP contribution in [0.4, 0.5) is 0 Å². The summed E-state index contributed by atoms with van der Waals surface area (Å²) in [5, 5.41) is 3.55. The van der Waals surface area contributed by atoms with Crippen LogP contribution in [0.1, 0.15) is 25.8 Å². The molecule has 0 radical (unpaired) electrons. The van der Waals surface area contributed by atoms with Crippen LogP contribution >= 0.6 is 0 Å². The molecule has 0 unspecified atom stereocenters. The molecule has 0 saturated heterocycles. The summed E-state index contributed by atoms with van der Waals surface area (Å²) in [6.07, 6.45) is 1.21. The van der Waals surface area contributed by atoms with Gasteiger partial charge in [0.1, 0.15) is 0 Å². The second-order valence-corrected chi connectivity index (χ2v) is 5.58. The lowest BCUT2D eigenvalue weighted by Gasteiger charge is -2.26. The summed E-state index contributed by atoms with van der Waals surface area (Å²) in [7, 11) is 4.24. The molecule has 0 fully saturated rings. The van der Waals surface area contributed by atoms with Crippen molar-refractivity contribution in [1.82, 2.24) is 10.2 Å². The highest BCUT2D eigenvalue weighted by molar-refractivity contribution is 5.23. The normalized spacial score (nSPS) is 12.1. The minimum Gasteiger partial charge on any atom is -0.316 e. The van der Waals surface area contributed by atoms with Gasteiger partial charge >= 0.3 is 0 Å². The number of rotatable bonds is 7. The Labute approximate surface area is 106 Å². The molecule has 0 aliphatic rings. The Bertz CT molecular complexity index is 304. The molecule has 1 aromatic carbocycles. The van der Waals surface area contributed by atoms with Crippen molar-refractivity contribution >= 4 is 0 Å². The molecular formula is C15H26N2. The maximum Gasteiger partial charge on any atom is 0.00431 e. The largest absolute Gasteiger partial charge is 0.316 e. The van der Waals surface area contributed by atoms with Gasteiger partial charge in [-0.1, -0.05) is 44.2 Å². The highest BCUT2D eigenvalue weighted by atomic mass is 15.1. The zero-order chi connectivity index (χ0) is 12.7. The Kier molecular flexibility index (Phi) is 5.66. The summed E-state index contributed by atoms with van der Waals surface area (Å²) in [6, 6.07) is 10.7. The molecule has 0 aromatic heterocycles. The highest BCUT2D eigenvalue weighted by Crippen LogP contribution is 2.21. The van der Waals surface area contributed by atoms with Crippen LogP contribution in [0, 0.1) is 0 Å². The molecule has 0 heterocycles. The van der Waals surface area contributed by atoms with Gasteiger partial charge in [0.2, 0.25) is 0 Å². The number of hydrogen-bond acceptors (Lipinski definition) is 2. The van der Waals surface area contributed by atoms with E-state index in [1.54, 1.807) is 0 Å². The molecule has 17 heavy (non-hydrogen) atoms. The SMILES string of the molecule is CN(C)CCCNCC(C)(C)c1ccccc1. The van der Waals surface area contributed by atoms with Gasteiger partial charge in [-0.25, -0.2) is 0 Å². The summed E-state index contributed by atoms with van der Waals surface area (Å²) in [4.78, 5) is 2.23. The summed E-state index contributed by atoms with van der Waals surface area (Å²) in [6.45, 7) is 7.86. The van der Waals surface area contributed by atoms with Gasteiger partial charge < -0.3 is 10.2 Å². The van der Waals surface area contributed by atoms with Crippen molar-refractivity contribution in [3.05, 3.63) is 35.9 Å². The average molecular weight is 234 g/mol. The van der Waals surface area contributed by atoms with E-state index in [1.165, 1.54) is 12.0 Å². The summed E-state index contributed by atoms with van der Waals surface area (Å²) in [5.74, 6) is 0. The fraction of sp³-hybridized carbons (Fsp3) is 0.600. The molecule has 0 saturated carbocycles. The molecule has 2 nitrogen and oxygen atoms in total. The highest BCUT2D eigenvalue weighted by Gasteiger charge is 2.19. The molecule has 0 bridgehead atoms. The van der Waals surface area contributed by atoms with Crippen LogP contribution in [0.15, 0.2) is 30.3 Å². The van der Waals surface area contributed by atoms with E-state index in [0.717, 1.165) is 19.6 Å². The second kappa shape index (κ2) is 6.77. The summed E-state index contributed by atoms with van der Waals surface area (Å²) < 4.78 is 0. The third kappa shape index (κ3) is 5.33. The molecule has 96 valence electrons. The van der Waals surface area contributed by atoms with E-state index in [2.05, 4.69) is 68.5 Å². The minimum absolute atomic E-state index is 0.208. The molecule has 0 spiro atoms. The van der Waals surface area contributed by atoms with Gasteiger partial charge in [-0.05, 0) is 39.2 Å². The monoisotopic (exact) mass is 234 g/mol. The van der Waals surface area contributed by atoms with Crippen molar-refractivity contribution in [3.63, 3.8) is 0 Å².